The summed E-state index contributed by atoms with van der Waals surface area (Å²) in [7, 11) is 0. The Labute approximate surface area is 93.1 Å². The second-order valence-corrected chi connectivity index (χ2v) is 4.21. The highest BCUT2D eigenvalue weighted by molar-refractivity contribution is 9.10. The van der Waals surface area contributed by atoms with Crippen LogP contribution in [0.4, 0.5) is 0 Å². The summed E-state index contributed by atoms with van der Waals surface area (Å²) in [6.07, 6.45) is 0. The maximum atomic E-state index is 8.66. The van der Waals surface area contributed by atoms with Crippen LogP contribution >= 0.6 is 15.9 Å². The van der Waals surface area contributed by atoms with Crippen molar-refractivity contribution in [3.63, 3.8) is 0 Å². The number of hydrogen-bond donors (Lipinski definition) is 1. The Bertz CT molecular complexity index is 343. The topological polar surface area (TPSA) is 35.8 Å². The molecule has 0 fully saturated rings. The van der Waals surface area contributed by atoms with Crippen LogP contribution in [0.15, 0.2) is 28.7 Å². The number of benzene rings is 1. The maximum absolute atomic E-state index is 8.66. The highest BCUT2D eigenvalue weighted by Gasteiger charge is 2.08. The molecule has 1 N–H and O–H groups in total. The van der Waals surface area contributed by atoms with E-state index in [2.05, 4.69) is 40.3 Å². The number of nitriles is 1. The molecule has 0 spiro atoms. The molecule has 1 aromatic carbocycles. The Morgan fingerprint density at radius 1 is 1.43 bits per heavy atom. The molecule has 0 heterocycles. The molecule has 0 amide bonds. The lowest BCUT2D eigenvalue weighted by atomic mass is 10.1. The third-order valence-electron chi connectivity index (χ3n) is 2.04. The van der Waals surface area contributed by atoms with Gasteiger partial charge in [0.05, 0.1) is 12.1 Å². The van der Waals surface area contributed by atoms with E-state index < -0.39 is 0 Å². The quantitative estimate of drug-likeness (QED) is 0.898. The van der Waals surface area contributed by atoms with Crippen LogP contribution < -0.4 is 5.32 Å². The van der Waals surface area contributed by atoms with Gasteiger partial charge in [0.1, 0.15) is 0 Å². The maximum Gasteiger partial charge on any atom is 0.0929 e. The van der Waals surface area contributed by atoms with Crippen LogP contribution in [-0.4, -0.2) is 6.04 Å². The average Bonchev–Trinajstić information content (AvgIpc) is 2.17. The zero-order chi connectivity index (χ0) is 10.6. The monoisotopic (exact) mass is 252 g/mol. The third kappa shape index (κ3) is 3.13. The van der Waals surface area contributed by atoms with Gasteiger partial charge in [-0.25, -0.2) is 0 Å². The summed E-state index contributed by atoms with van der Waals surface area (Å²) in [6.45, 7) is 3.91. The van der Waals surface area contributed by atoms with Crippen molar-refractivity contribution in [1.82, 2.24) is 5.32 Å². The first kappa shape index (κ1) is 11.2. The lowest BCUT2D eigenvalue weighted by Crippen LogP contribution is -2.27. The molecule has 0 aromatic heterocycles. The molecule has 0 aliphatic heterocycles. The highest BCUT2D eigenvalue weighted by Crippen LogP contribution is 2.17. The van der Waals surface area contributed by atoms with Gasteiger partial charge in [-0.05, 0) is 31.5 Å². The first-order valence-electron chi connectivity index (χ1n) is 4.54. The van der Waals surface area contributed by atoms with Gasteiger partial charge in [-0.3, -0.25) is 5.32 Å². The minimum absolute atomic E-state index is 0.121. The Balaban J connectivity index is 2.70. The van der Waals surface area contributed by atoms with Crippen molar-refractivity contribution in [2.24, 2.45) is 0 Å². The second kappa shape index (κ2) is 5.14. The molecule has 0 aliphatic rings. The number of rotatable bonds is 3. The van der Waals surface area contributed by atoms with Gasteiger partial charge in [-0.1, -0.05) is 28.1 Å². The minimum atomic E-state index is -0.121. The molecule has 1 aromatic rings. The molecule has 0 bridgehead atoms. The lowest BCUT2D eigenvalue weighted by molar-refractivity contribution is 0.543. The van der Waals surface area contributed by atoms with Crippen LogP contribution in [0.25, 0.3) is 0 Å². The van der Waals surface area contributed by atoms with Gasteiger partial charge in [0, 0.05) is 10.5 Å². The van der Waals surface area contributed by atoms with Gasteiger partial charge in [0.15, 0.2) is 0 Å². The van der Waals surface area contributed by atoms with E-state index in [1.54, 1.807) is 0 Å². The summed E-state index contributed by atoms with van der Waals surface area (Å²) in [5, 5.41) is 11.9. The summed E-state index contributed by atoms with van der Waals surface area (Å²) < 4.78 is 1.06. The molecule has 0 radical (unpaired) electrons. The molecule has 1 unspecified atom stereocenters. The Kier molecular flexibility index (Phi) is 4.12. The van der Waals surface area contributed by atoms with Crippen LogP contribution in [0.3, 0.4) is 0 Å². The summed E-state index contributed by atoms with van der Waals surface area (Å²) >= 11 is 3.42. The average molecular weight is 253 g/mol. The van der Waals surface area contributed by atoms with Gasteiger partial charge < -0.3 is 0 Å². The summed E-state index contributed by atoms with van der Waals surface area (Å²) in [6, 6.07) is 10.3. The van der Waals surface area contributed by atoms with E-state index in [1.165, 1.54) is 5.56 Å². The first-order valence-corrected chi connectivity index (χ1v) is 5.34. The van der Waals surface area contributed by atoms with Crippen molar-refractivity contribution >= 4 is 15.9 Å². The molecule has 74 valence electrons. The van der Waals surface area contributed by atoms with Crippen molar-refractivity contribution in [2.45, 2.75) is 25.9 Å². The fraction of sp³-hybridized carbons (Fsp3) is 0.364. The van der Waals surface area contributed by atoms with E-state index in [0.717, 1.165) is 4.47 Å². The van der Waals surface area contributed by atoms with Crippen LogP contribution in [-0.2, 0) is 0 Å². The molecule has 2 nitrogen and oxygen atoms in total. The largest absolute Gasteiger partial charge is 0.296 e. The van der Waals surface area contributed by atoms with E-state index in [1.807, 2.05) is 25.1 Å². The Morgan fingerprint density at radius 2 is 2.14 bits per heavy atom. The molecule has 1 rings (SSSR count). The lowest BCUT2D eigenvalue weighted by Gasteiger charge is -2.15. The fourth-order valence-corrected chi connectivity index (χ4v) is 1.70. The van der Waals surface area contributed by atoms with E-state index in [9.17, 15) is 0 Å². The number of halogens is 1. The van der Waals surface area contributed by atoms with Crippen molar-refractivity contribution in [3.05, 3.63) is 34.3 Å². The molecule has 3 heteroatoms. The zero-order valence-electron chi connectivity index (χ0n) is 8.29. The molecule has 14 heavy (non-hydrogen) atoms. The van der Waals surface area contributed by atoms with Crippen molar-refractivity contribution in [2.75, 3.05) is 0 Å². The van der Waals surface area contributed by atoms with E-state index in [0.29, 0.717) is 0 Å². The number of nitrogens with zero attached hydrogens (tertiary/aromatic N) is 1. The standard InChI is InChI=1S/C11H13BrN2/c1-8(7-13)14-9(2)10-4-3-5-11(12)6-10/h3-6,8-9,14H,1-2H3/t8?,9-/m0/s1. The molecule has 2 atom stereocenters. The zero-order valence-corrected chi connectivity index (χ0v) is 9.88. The predicted octanol–water partition coefficient (Wildman–Crippen LogP) is 3.01. The predicted molar refractivity (Wildman–Crippen MR) is 60.8 cm³/mol. The smallest absolute Gasteiger partial charge is 0.0929 e. The van der Waals surface area contributed by atoms with Crippen molar-refractivity contribution in [3.8, 4) is 6.07 Å². The molecule has 0 aliphatic carbocycles. The fourth-order valence-electron chi connectivity index (χ4n) is 1.28. The van der Waals surface area contributed by atoms with Gasteiger partial charge in [0.2, 0.25) is 0 Å². The summed E-state index contributed by atoms with van der Waals surface area (Å²) in [4.78, 5) is 0. The SMILES string of the molecule is CC(C#N)N[C@@H](C)c1cccc(Br)c1. The van der Waals surface area contributed by atoms with Gasteiger partial charge in [-0.2, -0.15) is 5.26 Å². The molecule has 0 saturated carbocycles. The van der Waals surface area contributed by atoms with Crippen LogP contribution in [0.2, 0.25) is 0 Å². The van der Waals surface area contributed by atoms with Gasteiger partial charge in [-0.15, -0.1) is 0 Å². The second-order valence-electron chi connectivity index (χ2n) is 3.29. The number of hydrogen-bond acceptors (Lipinski definition) is 2. The van der Waals surface area contributed by atoms with E-state index in [4.69, 9.17) is 5.26 Å². The molecule has 0 saturated heterocycles. The Hall–Kier alpha value is -0.850. The summed E-state index contributed by atoms with van der Waals surface area (Å²) in [5.74, 6) is 0. The highest BCUT2D eigenvalue weighted by atomic mass is 79.9. The van der Waals surface area contributed by atoms with Crippen molar-refractivity contribution in [1.29, 1.82) is 5.26 Å². The summed E-state index contributed by atoms with van der Waals surface area (Å²) in [5.41, 5.74) is 1.18. The molecular weight excluding hydrogens is 240 g/mol. The van der Waals surface area contributed by atoms with Crippen LogP contribution in [0.1, 0.15) is 25.5 Å². The third-order valence-corrected chi connectivity index (χ3v) is 2.54. The normalized spacial score (nSPS) is 14.4. The molecular formula is C11H13BrN2. The van der Waals surface area contributed by atoms with Crippen LogP contribution in [0, 0.1) is 11.3 Å². The van der Waals surface area contributed by atoms with Crippen molar-refractivity contribution < 1.29 is 0 Å². The van der Waals surface area contributed by atoms with Gasteiger partial charge in [0.25, 0.3) is 0 Å². The van der Waals surface area contributed by atoms with Crippen LogP contribution in [0.5, 0.6) is 0 Å². The first-order chi connectivity index (χ1) is 6.63. The minimum Gasteiger partial charge on any atom is -0.296 e. The Morgan fingerprint density at radius 3 is 2.71 bits per heavy atom. The van der Waals surface area contributed by atoms with E-state index >= 15 is 0 Å². The van der Waals surface area contributed by atoms with Gasteiger partial charge >= 0.3 is 0 Å². The van der Waals surface area contributed by atoms with E-state index in [-0.39, 0.29) is 12.1 Å². The number of nitrogens with one attached hydrogen (secondary N) is 1.